The normalized spacial score (nSPS) is 12.4. The average molecular weight is 347 g/mol. The first kappa shape index (κ1) is 16.5. The van der Waals surface area contributed by atoms with Gasteiger partial charge in [0.05, 0.1) is 12.1 Å². The molecule has 3 aromatic rings. The van der Waals surface area contributed by atoms with Gasteiger partial charge in [-0.15, -0.1) is 0 Å². The molecule has 0 spiro atoms. The van der Waals surface area contributed by atoms with E-state index in [0.29, 0.717) is 6.07 Å². The number of pyridine rings is 1. The van der Waals surface area contributed by atoms with Gasteiger partial charge in [-0.05, 0) is 12.1 Å². The number of carboxylic acid groups (broad SMARTS) is 1. The number of benzene rings is 1. The van der Waals surface area contributed by atoms with Crippen molar-refractivity contribution in [2.45, 2.75) is 12.8 Å². The second-order valence-electron chi connectivity index (χ2n) is 5.26. The van der Waals surface area contributed by atoms with E-state index in [2.05, 4.69) is 10.1 Å². The van der Waals surface area contributed by atoms with Gasteiger partial charge in [-0.2, -0.15) is 5.10 Å². The summed E-state index contributed by atoms with van der Waals surface area (Å²) < 4.78 is 28.1. The zero-order chi connectivity index (χ0) is 18.1. The summed E-state index contributed by atoms with van der Waals surface area (Å²) in [4.78, 5) is 26.9. The molecule has 3 rings (SSSR count). The van der Waals surface area contributed by atoms with Gasteiger partial charge in [0.1, 0.15) is 28.9 Å². The van der Waals surface area contributed by atoms with Crippen LogP contribution in [0.15, 0.2) is 35.4 Å². The summed E-state index contributed by atoms with van der Waals surface area (Å²) in [6.07, 6.45) is 0.478. The third-order valence-electron chi connectivity index (χ3n) is 3.54. The highest BCUT2D eigenvalue weighted by molar-refractivity contribution is 5.69. The SMILES string of the molecule is O=C(O)CCC(O)=c1c(=O)cc(-c2cc(F)cc(F)c2)n2ncnc12. The monoisotopic (exact) mass is 347 g/mol. The molecule has 0 amide bonds. The lowest BCUT2D eigenvalue weighted by Crippen LogP contribution is -2.30. The Hall–Kier alpha value is -3.36. The average Bonchev–Trinajstić information content (AvgIpc) is 2.99. The minimum absolute atomic E-state index is 0.0324. The van der Waals surface area contributed by atoms with Gasteiger partial charge in [-0.1, -0.05) is 0 Å². The second-order valence-corrected chi connectivity index (χ2v) is 5.26. The van der Waals surface area contributed by atoms with Crippen LogP contribution in [0.1, 0.15) is 12.8 Å². The maximum atomic E-state index is 13.5. The van der Waals surface area contributed by atoms with Crippen LogP contribution >= 0.6 is 0 Å². The minimum Gasteiger partial charge on any atom is -0.511 e. The highest BCUT2D eigenvalue weighted by Crippen LogP contribution is 2.20. The highest BCUT2D eigenvalue weighted by Gasteiger charge is 2.15. The van der Waals surface area contributed by atoms with Crippen LogP contribution in [0, 0.1) is 11.6 Å². The number of hydrogen-bond acceptors (Lipinski definition) is 5. The molecule has 25 heavy (non-hydrogen) atoms. The molecule has 2 aromatic heterocycles. The van der Waals surface area contributed by atoms with Crippen molar-refractivity contribution in [2.24, 2.45) is 0 Å². The van der Waals surface area contributed by atoms with Crippen LogP contribution in [-0.4, -0.2) is 30.8 Å². The van der Waals surface area contributed by atoms with Gasteiger partial charge in [0.2, 0.25) is 0 Å². The molecule has 0 fully saturated rings. The summed E-state index contributed by atoms with van der Waals surface area (Å²) in [5, 5.41) is 22.5. The number of aromatic nitrogens is 3. The van der Waals surface area contributed by atoms with Crippen molar-refractivity contribution in [3.05, 3.63) is 57.7 Å². The topological polar surface area (TPSA) is 105 Å². The molecule has 0 radical (unpaired) electrons. The summed E-state index contributed by atoms with van der Waals surface area (Å²) in [6.45, 7) is 0. The van der Waals surface area contributed by atoms with Gasteiger partial charge in [0, 0.05) is 24.1 Å². The van der Waals surface area contributed by atoms with Crippen molar-refractivity contribution >= 4 is 17.4 Å². The molecule has 0 saturated heterocycles. The predicted molar refractivity (Wildman–Crippen MR) is 82.7 cm³/mol. The van der Waals surface area contributed by atoms with E-state index >= 15 is 0 Å². The van der Waals surface area contributed by atoms with E-state index < -0.39 is 28.8 Å². The Morgan fingerprint density at radius 2 is 1.76 bits per heavy atom. The van der Waals surface area contributed by atoms with E-state index in [0.717, 1.165) is 29.0 Å². The molecule has 0 unspecified atom stereocenters. The molecule has 2 N–H and O–H groups in total. The number of aliphatic hydroxyl groups is 1. The third-order valence-corrected chi connectivity index (χ3v) is 3.54. The van der Waals surface area contributed by atoms with Gasteiger partial charge in [0.25, 0.3) is 0 Å². The number of carbonyl (C=O) groups is 1. The number of halogens is 2. The lowest BCUT2D eigenvalue weighted by Gasteiger charge is -2.06. The van der Waals surface area contributed by atoms with Crippen LogP contribution in [0.2, 0.25) is 0 Å². The Kier molecular flexibility index (Phi) is 4.14. The lowest BCUT2D eigenvalue weighted by atomic mass is 10.1. The lowest BCUT2D eigenvalue weighted by molar-refractivity contribution is -0.136. The summed E-state index contributed by atoms with van der Waals surface area (Å²) in [5.41, 5.74) is -0.537. The summed E-state index contributed by atoms with van der Waals surface area (Å²) >= 11 is 0. The van der Waals surface area contributed by atoms with Crippen molar-refractivity contribution in [3.63, 3.8) is 0 Å². The number of rotatable bonds is 4. The van der Waals surface area contributed by atoms with Crippen LogP contribution in [0.25, 0.3) is 22.7 Å². The van der Waals surface area contributed by atoms with Crippen molar-refractivity contribution < 1.29 is 23.8 Å². The van der Waals surface area contributed by atoms with E-state index in [9.17, 15) is 23.5 Å². The summed E-state index contributed by atoms with van der Waals surface area (Å²) in [5.74, 6) is -3.22. The molecule has 0 bridgehead atoms. The number of fused-ring (bicyclic) bond motifs is 1. The molecule has 0 aliphatic rings. The van der Waals surface area contributed by atoms with E-state index in [1.54, 1.807) is 0 Å². The largest absolute Gasteiger partial charge is 0.511 e. The standard InChI is InChI=1S/C16H11F2N3O4/c17-9-3-8(4-10(18)5-9)11-6-13(23)15(12(22)1-2-14(24)25)16-19-7-20-21(11)16/h3-7,22H,1-2H2,(H,24,25). The van der Waals surface area contributed by atoms with Gasteiger partial charge in [0.15, 0.2) is 11.1 Å². The number of carboxylic acids is 1. The van der Waals surface area contributed by atoms with Crippen molar-refractivity contribution in [1.29, 1.82) is 0 Å². The van der Waals surface area contributed by atoms with Crippen LogP contribution in [0.5, 0.6) is 0 Å². The van der Waals surface area contributed by atoms with Crippen molar-refractivity contribution in [3.8, 4) is 11.3 Å². The first-order valence-corrected chi connectivity index (χ1v) is 7.14. The Morgan fingerprint density at radius 1 is 1.08 bits per heavy atom. The van der Waals surface area contributed by atoms with Crippen LogP contribution in [0.4, 0.5) is 8.78 Å². The molecule has 0 aliphatic heterocycles. The van der Waals surface area contributed by atoms with Crippen LogP contribution < -0.4 is 10.6 Å². The molecule has 0 saturated carbocycles. The summed E-state index contributed by atoms with van der Waals surface area (Å²) in [7, 11) is 0. The second kappa shape index (κ2) is 6.27. The van der Waals surface area contributed by atoms with Crippen LogP contribution in [-0.2, 0) is 4.79 Å². The molecular formula is C16H11F2N3O4. The molecule has 0 aliphatic carbocycles. The van der Waals surface area contributed by atoms with E-state index in [-0.39, 0.29) is 35.0 Å². The zero-order valence-electron chi connectivity index (χ0n) is 12.6. The molecule has 2 heterocycles. The molecule has 128 valence electrons. The van der Waals surface area contributed by atoms with E-state index in [1.807, 2.05) is 0 Å². The van der Waals surface area contributed by atoms with Crippen molar-refractivity contribution in [2.75, 3.05) is 0 Å². The van der Waals surface area contributed by atoms with Gasteiger partial charge >= 0.3 is 5.97 Å². The number of aliphatic hydroxyl groups excluding tert-OH is 1. The highest BCUT2D eigenvalue weighted by atomic mass is 19.1. The Morgan fingerprint density at radius 3 is 2.40 bits per heavy atom. The zero-order valence-corrected chi connectivity index (χ0v) is 12.6. The van der Waals surface area contributed by atoms with E-state index in [1.165, 1.54) is 0 Å². The maximum absolute atomic E-state index is 13.5. The third kappa shape index (κ3) is 3.16. The number of nitrogens with zero attached hydrogens (tertiary/aromatic N) is 3. The molecular weight excluding hydrogens is 336 g/mol. The first-order valence-electron chi connectivity index (χ1n) is 7.14. The maximum Gasteiger partial charge on any atom is 0.303 e. The predicted octanol–water partition coefficient (Wildman–Crippen LogP) is 1.28. The fraction of sp³-hybridized carbons (Fsp3) is 0.125. The van der Waals surface area contributed by atoms with Gasteiger partial charge < -0.3 is 10.2 Å². The van der Waals surface area contributed by atoms with E-state index in [4.69, 9.17) is 5.11 Å². The fourth-order valence-electron chi connectivity index (χ4n) is 2.48. The Labute approximate surface area is 138 Å². The quantitative estimate of drug-likeness (QED) is 0.737. The molecule has 9 heteroatoms. The Bertz CT molecular complexity index is 1070. The molecule has 0 atom stereocenters. The minimum atomic E-state index is -1.14. The molecule has 7 nitrogen and oxygen atoms in total. The number of hydrogen-bond donors (Lipinski definition) is 2. The molecule has 1 aromatic carbocycles. The van der Waals surface area contributed by atoms with Crippen molar-refractivity contribution in [1.82, 2.24) is 14.6 Å². The van der Waals surface area contributed by atoms with Gasteiger partial charge in [-0.3, -0.25) is 9.59 Å². The summed E-state index contributed by atoms with van der Waals surface area (Å²) in [6, 6.07) is 3.82. The van der Waals surface area contributed by atoms with Crippen LogP contribution in [0.3, 0.4) is 0 Å². The van der Waals surface area contributed by atoms with Gasteiger partial charge in [-0.25, -0.2) is 18.3 Å². The first-order chi connectivity index (χ1) is 11.9. The smallest absolute Gasteiger partial charge is 0.303 e. The Balaban J connectivity index is 2.28. The number of aliphatic carboxylic acids is 1. The fourth-order valence-corrected chi connectivity index (χ4v) is 2.48.